The van der Waals surface area contributed by atoms with E-state index < -0.39 is 24.4 Å². The molecule has 2 unspecified atom stereocenters. The van der Waals surface area contributed by atoms with Gasteiger partial charge in [0.05, 0.1) is 18.3 Å². The number of ether oxygens (including phenoxy) is 1. The molecule has 0 radical (unpaired) electrons. The first-order valence-corrected chi connectivity index (χ1v) is 12.7. The Morgan fingerprint density at radius 3 is 2.63 bits per heavy atom. The lowest BCUT2D eigenvalue weighted by molar-refractivity contribution is -0.143. The molecule has 1 aliphatic rings. The van der Waals surface area contributed by atoms with E-state index in [1.165, 1.54) is 22.4 Å². The highest BCUT2D eigenvalue weighted by Crippen LogP contribution is 2.33. The summed E-state index contributed by atoms with van der Waals surface area (Å²) in [7, 11) is 1.45. The van der Waals surface area contributed by atoms with Crippen LogP contribution < -0.4 is 5.56 Å². The van der Waals surface area contributed by atoms with Gasteiger partial charge in [-0.25, -0.2) is 18.7 Å². The molecule has 206 valence electrons. The molecule has 0 bridgehead atoms. The first-order valence-electron chi connectivity index (χ1n) is 12.7. The molecule has 1 aliphatic heterocycles. The Labute approximate surface area is 217 Å². The maximum absolute atomic E-state index is 14.8. The number of halogens is 5. The lowest BCUT2D eigenvalue weighted by atomic mass is 9.90. The third-order valence-electron chi connectivity index (χ3n) is 7.04. The number of rotatable bonds is 8. The number of aryl methyl sites for hydroxylation is 1. The van der Waals surface area contributed by atoms with Crippen LogP contribution in [0.5, 0.6) is 0 Å². The summed E-state index contributed by atoms with van der Waals surface area (Å²) in [5.74, 6) is -1.60. The number of alkyl halides is 3. The van der Waals surface area contributed by atoms with E-state index in [0.29, 0.717) is 62.2 Å². The quantitative estimate of drug-likeness (QED) is 0.277. The number of hydrogen-bond donors (Lipinski definition) is 0. The second-order valence-electron chi connectivity index (χ2n) is 10.0. The first-order chi connectivity index (χ1) is 17.9. The summed E-state index contributed by atoms with van der Waals surface area (Å²) in [5, 5.41) is 0. The average Bonchev–Trinajstić information content (AvgIpc) is 2.84. The molecule has 0 spiro atoms. The third-order valence-corrected chi connectivity index (χ3v) is 7.04. The van der Waals surface area contributed by atoms with Gasteiger partial charge in [0.2, 0.25) is 0 Å². The van der Waals surface area contributed by atoms with E-state index in [1.807, 2.05) is 0 Å². The van der Waals surface area contributed by atoms with Crippen molar-refractivity contribution in [3.8, 4) is 11.3 Å². The Kier molecular flexibility index (Phi) is 8.46. The maximum atomic E-state index is 14.8. The molecule has 11 heteroatoms. The van der Waals surface area contributed by atoms with Crippen molar-refractivity contribution in [2.75, 3.05) is 26.7 Å². The summed E-state index contributed by atoms with van der Waals surface area (Å²) in [6.07, 6.45) is 0.560. The molecule has 1 saturated heterocycles. The molecular weight excluding hydrogens is 507 g/mol. The van der Waals surface area contributed by atoms with E-state index in [4.69, 9.17) is 9.72 Å². The second kappa shape index (κ2) is 11.4. The van der Waals surface area contributed by atoms with Gasteiger partial charge in [-0.2, -0.15) is 13.2 Å². The number of fused-ring (bicyclic) bond motifs is 1. The Morgan fingerprint density at radius 2 is 1.92 bits per heavy atom. The largest absolute Gasteiger partial charge is 0.401 e. The number of hydrogen-bond acceptors (Lipinski definition) is 5. The fraction of sp³-hybridized carbons (Fsp3) is 0.519. The normalized spacial score (nSPS) is 18.4. The molecule has 0 saturated carbocycles. The highest BCUT2D eigenvalue weighted by atomic mass is 19.4. The van der Waals surface area contributed by atoms with Gasteiger partial charge in [-0.1, -0.05) is 0 Å². The maximum Gasteiger partial charge on any atom is 0.401 e. The molecule has 4 rings (SSSR count). The summed E-state index contributed by atoms with van der Waals surface area (Å²) in [4.78, 5) is 23.6. The fourth-order valence-electron chi connectivity index (χ4n) is 4.90. The lowest BCUT2D eigenvalue weighted by Crippen LogP contribution is -2.32. The van der Waals surface area contributed by atoms with Gasteiger partial charge in [-0.3, -0.25) is 14.1 Å². The van der Waals surface area contributed by atoms with Crippen LogP contribution in [0, 0.1) is 25.5 Å². The van der Waals surface area contributed by atoms with Crippen LogP contribution in [0.2, 0.25) is 0 Å². The topological polar surface area (TPSA) is 59.7 Å². The van der Waals surface area contributed by atoms with Gasteiger partial charge in [-0.15, -0.1) is 0 Å². The summed E-state index contributed by atoms with van der Waals surface area (Å²) >= 11 is 0. The molecule has 38 heavy (non-hydrogen) atoms. The third kappa shape index (κ3) is 6.55. The smallest absolute Gasteiger partial charge is 0.378 e. The van der Waals surface area contributed by atoms with E-state index in [9.17, 15) is 26.7 Å². The molecule has 1 aromatic carbocycles. The summed E-state index contributed by atoms with van der Waals surface area (Å²) in [5.41, 5.74) is 1.67. The molecule has 0 N–H and O–H groups in total. The molecule has 2 atom stereocenters. The minimum atomic E-state index is -4.22. The Morgan fingerprint density at radius 1 is 1.16 bits per heavy atom. The van der Waals surface area contributed by atoms with E-state index >= 15 is 0 Å². The van der Waals surface area contributed by atoms with Gasteiger partial charge in [0, 0.05) is 41.6 Å². The molecule has 3 aromatic rings. The number of unbranched alkanes of at least 4 members (excludes halogenated alkanes) is 1. The zero-order valence-corrected chi connectivity index (χ0v) is 21.6. The molecule has 2 aromatic heterocycles. The summed E-state index contributed by atoms with van der Waals surface area (Å²) in [6.45, 7) is 3.23. The van der Waals surface area contributed by atoms with Crippen molar-refractivity contribution in [1.29, 1.82) is 0 Å². The van der Waals surface area contributed by atoms with Crippen molar-refractivity contribution in [2.24, 2.45) is 0 Å². The highest BCUT2D eigenvalue weighted by Gasteiger charge is 2.29. The van der Waals surface area contributed by atoms with Gasteiger partial charge in [0.25, 0.3) is 5.56 Å². The van der Waals surface area contributed by atoms with Gasteiger partial charge >= 0.3 is 6.18 Å². The van der Waals surface area contributed by atoms with Gasteiger partial charge in [-0.05, 0) is 71.7 Å². The minimum absolute atomic E-state index is 0.0486. The van der Waals surface area contributed by atoms with Crippen molar-refractivity contribution in [3.05, 3.63) is 63.3 Å². The van der Waals surface area contributed by atoms with Crippen LogP contribution in [0.25, 0.3) is 16.9 Å². The van der Waals surface area contributed by atoms with Gasteiger partial charge in [0.1, 0.15) is 17.3 Å². The monoisotopic (exact) mass is 538 g/mol. The standard InChI is InChI=1S/C27H31F5N4O2/c1-16-17(2)33-25-24(21-8-7-19(28)13-22(21)29)34-23(14-36(25)26(16)37)18-9-11-38-20(12-18)6-4-5-10-35(3)15-27(30,31)32/h7-8,13-14,18,20H,4-6,9-12,15H2,1-3H3. The summed E-state index contributed by atoms with van der Waals surface area (Å²) in [6, 6.07) is 3.20. The van der Waals surface area contributed by atoms with Crippen molar-refractivity contribution in [2.45, 2.75) is 64.1 Å². The first kappa shape index (κ1) is 28.1. The van der Waals surface area contributed by atoms with Crippen LogP contribution in [-0.2, 0) is 4.74 Å². The zero-order valence-electron chi connectivity index (χ0n) is 21.6. The SMILES string of the molecule is Cc1nc2c(-c3ccc(F)cc3F)nc(C3CCOC(CCCCN(C)CC(F)(F)F)C3)cn2c(=O)c1C. The van der Waals surface area contributed by atoms with Crippen LogP contribution in [0.15, 0.2) is 29.2 Å². The second-order valence-corrected chi connectivity index (χ2v) is 10.0. The lowest BCUT2D eigenvalue weighted by Gasteiger charge is -2.30. The Hall–Kier alpha value is -2.92. The Balaban J connectivity index is 1.57. The van der Waals surface area contributed by atoms with Crippen LogP contribution in [0.1, 0.15) is 55.0 Å². The van der Waals surface area contributed by atoms with Crippen LogP contribution in [0.4, 0.5) is 22.0 Å². The fourth-order valence-corrected chi connectivity index (χ4v) is 4.90. The molecule has 6 nitrogen and oxygen atoms in total. The average molecular weight is 539 g/mol. The van der Waals surface area contributed by atoms with E-state index in [0.717, 1.165) is 12.1 Å². The molecule has 3 heterocycles. The minimum Gasteiger partial charge on any atom is -0.378 e. The number of nitrogens with zero attached hydrogens (tertiary/aromatic N) is 4. The zero-order chi connectivity index (χ0) is 27.6. The molecular formula is C27H31F5N4O2. The van der Waals surface area contributed by atoms with Gasteiger partial charge < -0.3 is 4.74 Å². The Bertz CT molecular complexity index is 1360. The number of benzene rings is 1. The predicted molar refractivity (Wildman–Crippen MR) is 133 cm³/mol. The highest BCUT2D eigenvalue weighted by molar-refractivity contribution is 5.74. The van der Waals surface area contributed by atoms with Crippen molar-refractivity contribution in [1.82, 2.24) is 19.3 Å². The molecule has 1 fully saturated rings. The van der Waals surface area contributed by atoms with Crippen LogP contribution >= 0.6 is 0 Å². The van der Waals surface area contributed by atoms with E-state index in [1.54, 1.807) is 20.0 Å². The molecule has 0 amide bonds. The van der Waals surface area contributed by atoms with Crippen molar-refractivity contribution < 1.29 is 26.7 Å². The van der Waals surface area contributed by atoms with Crippen LogP contribution in [0.3, 0.4) is 0 Å². The molecule has 0 aliphatic carbocycles. The van der Waals surface area contributed by atoms with E-state index in [-0.39, 0.29) is 34.5 Å². The predicted octanol–water partition coefficient (Wildman–Crippen LogP) is 5.58. The van der Waals surface area contributed by atoms with Crippen LogP contribution in [-0.4, -0.2) is 58.3 Å². The van der Waals surface area contributed by atoms with Gasteiger partial charge in [0.15, 0.2) is 5.65 Å². The number of aromatic nitrogens is 3. The van der Waals surface area contributed by atoms with Crippen molar-refractivity contribution in [3.63, 3.8) is 0 Å². The summed E-state index contributed by atoms with van der Waals surface area (Å²) < 4.78 is 73.3. The van der Waals surface area contributed by atoms with E-state index in [2.05, 4.69) is 4.98 Å². The van der Waals surface area contributed by atoms with Crippen molar-refractivity contribution >= 4 is 5.65 Å².